The molecule has 29 heavy (non-hydrogen) atoms. The average Bonchev–Trinajstić information content (AvgIpc) is 3.23. The number of ether oxygens (including phenoxy) is 1. The van der Waals surface area contributed by atoms with Crippen molar-refractivity contribution >= 4 is 29.1 Å². The largest absolute Gasteiger partial charge is 0.394 e. The van der Waals surface area contributed by atoms with E-state index in [-0.39, 0.29) is 17.0 Å². The van der Waals surface area contributed by atoms with Gasteiger partial charge in [-0.05, 0) is 12.5 Å². The highest BCUT2D eigenvalue weighted by atomic mass is 79.9. The van der Waals surface area contributed by atoms with E-state index >= 15 is 0 Å². The van der Waals surface area contributed by atoms with E-state index in [1.165, 1.54) is 22.3 Å². The monoisotopic (exact) mass is 469 g/mol. The standard InChI is InChI=1S/C18H23N5O5.BrH/c1-10-3-2-4-11(5-10)7-27-23-9-21-17-13(16(23)19)20-8-22(17)18-15(26)14(25)12(6-24)28-18;/h2-5,8-9,12,14-16,18,24-26H,6-7,19H2,1H3;1H/t12-,14?,15?,16?,18-;/m1./s1. The Balaban J connectivity index is 0.00000240. The normalized spacial score (nSPS) is 28.3. The number of nitrogens with two attached hydrogens (primary N) is 1. The molecule has 2 aliphatic heterocycles. The molecule has 3 heterocycles. The second kappa shape index (κ2) is 8.88. The number of aryl methyl sites for hydroxylation is 1. The van der Waals surface area contributed by atoms with Crippen molar-refractivity contribution in [3.8, 4) is 0 Å². The molecule has 0 aliphatic carbocycles. The molecule has 4 rings (SSSR count). The van der Waals surface area contributed by atoms with Gasteiger partial charge < -0.3 is 25.8 Å². The third kappa shape index (κ3) is 4.08. The SMILES string of the molecule is Br.Cc1cccc(CON2C=Nc3c(ncn3[C@@H]3O[C@H](CO)C(O)C3O)C2N)c1. The minimum atomic E-state index is -1.22. The zero-order valence-corrected chi connectivity index (χ0v) is 17.4. The first-order valence-corrected chi connectivity index (χ1v) is 8.95. The van der Waals surface area contributed by atoms with Crippen molar-refractivity contribution < 1.29 is 24.9 Å². The lowest BCUT2D eigenvalue weighted by Gasteiger charge is -2.28. The first-order valence-electron chi connectivity index (χ1n) is 8.95. The third-order valence-corrected chi connectivity index (χ3v) is 4.90. The Bertz CT molecular complexity index is 878. The summed E-state index contributed by atoms with van der Waals surface area (Å²) in [7, 11) is 0. The number of fused-ring (bicyclic) bond motifs is 1. The minimum Gasteiger partial charge on any atom is -0.394 e. The van der Waals surface area contributed by atoms with Crippen molar-refractivity contribution in [1.82, 2.24) is 14.6 Å². The van der Waals surface area contributed by atoms with E-state index in [0.29, 0.717) is 18.1 Å². The number of aliphatic hydroxyl groups excluding tert-OH is 3. The van der Waals surface area contributed by atoms with Crippen LogP contribution < -0.4 is 5.73 Å². The summed E-state index contributed by atoms with van der Waals surface area (Å²) in [6.45, 7) is 1.93. The van der Waals surface area contributed by atoms with Crippen molar-refractivity contribution in [2.75, 3.05) is 6.61 Å². The number of nitrogens with zero attached hydrogens (tertiary/aromatic N) is 4. The Morgan fingerprint density at radius 3 is 2.76 bits per heavy atom. The van der Waals surface area contributed by atoms with Gasteiger partial charge in [0, 0.05) is 0 Å². The number of rotatable bonds is 5. The molecule has 0 radical (unpaired) electrons. The second-order valence-electron chi connectivity index (χ2n) is 6.90. The first-order chi connectivity index (χ1) is 13.5. The Morgan fingerprint density at radius 1 is 1.28 bits per heavy atom. The van der Waals surface area contributed by atoms with Crippen LogP contribution >= 0.6 is 17.0 Å². The fraction of sp³-hybridized carbons (Fsp3) is 0.444. The molecule has 0 amide bonds. The summed E-state index contributed by atoms with van der Waals surface area (Å²) in [4.78, 5) is 14.4. The number of imidazole rings is 1. The number of aromatic nitrogens is 2. The molecule has 158 valence electrons. The molecule has 5 N–H and O–H groups in total. The molecule has 0 spiro atoms. The van der Waals surface area contributed by atoms with E-state index in [9.17, 15) is 15.3 Å². The summed E-state index contributed by atoms with van der Waals surface area (Å²) in [6, 6.07) is 7.95. The molecule has 11 heteroatoms. The van der Waals surface area contributed by atoms with Gasteiger partial charge in [0.1, 0.15) is 37.0 Å². The number of aliphatic hydroxyl groups is 3. The van der Waals surface area contributed by atoms with Crippen molar-refractivity contribution in [2.45, 2.75) is 44.2 Å². The number of hydroxylamine groups is 2. The number of benzene rings is 1. The summed E-state index contributed by atoms with van der Waals surface area (Å²) < 4.78 is 7.03. The molecule has 1 saturated heterocycles. The molecule has 0 saturated carbocycles. The average molecular weight is 470 g/mol. The van der Waals surface area contributed by atoms with E-state index in [1.54, 1.807) is 0 Å². The van der Waals surface area contributed by atoms with E-state index in [4.69, 9.17) is 15.3 Å². The van der Waals surface area contributed by atoms with Crippen molar-refractivity contribution in [3.63, 3.8) is 0 Å². The molecule has 3 unspecified atom stereocenters. The van der Waals surface area contributed by atoms with E-state index in [1.807, 2.05) is 31.2 Å². The fourth-order valence-corrected chi connectivity index (χ4v) is 3.38. The second-order valence-corrected chi connectivity index (χ2v) is 6.90. The Hall–Kier alpha value is -1.86. The van der Waals surface area contributed by atoms with Crippen LogP contribution in [-0.2, 0) is 16.2 Å². The van der Waals surface area contributed by atoms with Crippen LogP contribution in [0.15, 0.2) is 35.6 Å². The van der Waals surface area contributed by atoms with Crippen LogP contribution in [0.4, 0.5) is 5.82 Å². The van der Waals surface area contributed by atoms with Crippen LogP contribution in [0.25, 0.3) is 0 Å². The molecule has 0 bridgehead atoms. The van der Waals surface area contributed by atoms with Gasteiger partial charge in [0.05, 0.1) is 12.9 Å². The molecule has 2 aliphatic rings. The number of aliphatic imine (C=N–C) groups is 1. The maximum Gasteiger partial charge on any atom is 0.165 e. The van der Waals surface area contributed by atoms with Crippen LogP contribution in [0, 0.1) is 6.92 Å². The maximum absolute atomic E-state index is 10.2. The molecule has 1 aromatic carbocycles. The fourth-order valence-electron chi connectivity index (χ4n) is 3.38. The Kier molecular flexibility index (Phi) is 6.69. The third-order valence-electron chi connectivity index (χ3n) is 4.90. The number of hydrogen-bond acceptors (Lipinski definition) is 9. The van der Waals surface area contributed by atoms with E-state index in [2.05, 4.69) is 9.98 Å². The molecular formula is C18H24BrN5O5. The van der Waals surface area contributed by atoms with Gasteiger partial charge in [0.15, 0.2) is 18.2 Å². The molecular weight excluding hydrogens is 446 g/mol. The van der Waals surface area contributed by atoms with Gasteiger partial charge >= 0.3 is 0 Å². The molecule has 1 aromatic heterocycles. The summed E-state index contributed by atoms with van der Waals surface area (Å²) >= 11 is 0. The summed E-state index contributed by atoms with van der Waals surface area (Å²) in [5.74, 6) is 0.401. The number of hydrogen-bond donors (Lipinski definition) is 4. The van der Waals surface area contributed by atoms with Crippen molar-refractivity contribution in [2.24, 2.45) is 10.7 Å². The maximum atomic E-state index is 10.2. The molecule has 5 atom stereocenters. The van der Waals surface area contributed by atoms with Crippen LogP contribution in [0.2, 0.25) is 0 Å². The zero-order chi connectivity index (χ0) is 19.8. The van der Waals surface area contributed by atoms with E-state index < -0.39 is 37.3 Å². The van der Waals surface area contributed by atoms with Crippen LogP contribution in [0.3, 0.4) is 0 Å². The molecule has 2 aromatic rings. The molecule has 1 fully saturated rings. The van der Waals surface area contributed by atoms with Crippen LogP contribution in [-0.4, -0.2) is 61.2 Å². The number of halogens is 1. The van der Waals surface area contributed by atoms with Crippen molar-refractivity contribution in [3.05, 3.63) is 47.4 Å². The van der Waals surface area contributed by atoms with Gasteiger partial charge in [-0.15, -0.1) is 17.0 Å². The lowest BCUT2D eigenvalue weighted by molar-refractivity contribution is -0.136. The Labute approximate surface area is 177 Å². The molecule has 10 nitrogen and oxygen atoms in total. The summed E-state index contributed by atoms with van der Waals surface area (Å²) in [5, 5.41) is 30.9. The Morgan fingerprint density at radius 2 is 2.07 bits per heavy atom. The lowest BCUT2D eigenvalue weighted by Crippen LogP contribution is -2.36. The summed E-state index contributed by atoms with van der Waals surface area (Å²) in [6.07, 6.45) is -2.05. The van der Waals surface area contributed by atoms with Gasteiger partial charge in [-0.1, -0.05) is 29.8 Å². The van der Waals surface area contributed by atoms with Crippen molar-refractivity contribution in [1.29, 1.82) is 0 Å². The zero-order valence-electron chi connectivity index (χ0n) is 15.7. The summed E-state index contributed by atoms with van der Waals surface area (Å²) in [5.41, 5.74) is 8.84. The highest BCUT2D eigenvalue weighted by Crippen LogP contribution is 2.37. The van der Waals surface area contributed by atoms with Gasteiger partial charge in [0.2, 0.25) is 0 Å². The van der Waals surface area contributed by atoms with E-state index in [0.717, 1.165) is 11.1 Å². The predicted molar refractivity (Wildman–Crippen MR) is 108 cm³/mol. The van der Waals surface area contributed by atoms with Gasteiger partial charge in [-0.2, -0.15) is 0 Å². The lowest BCUT2D eigenvalue weighted by atomic mass is 10.1. The smallest absolute Gasteiger partial charge is 0.165 e. The van der Waals surface area contributed by atoms with Crippen LogP contribution in [0.5, 0.6) is 0 Å². The van der Waals surface area contributed by atoms with Gasteiger partial charge in [-0.25, -0.2) is 15.0 Å². The first kappa shape index (κ1) is 21.8. The van der Waals surface area contributed by atoms with Gasteiger partial charge in [0.25, 0.3) is 0 Å². The topological polar surface area (TPSA) is 139 Å². The van der Waals surface area contributed by atoms with Gasteiger partial charge in [-0.3, -0.25) is 9.40 Å². The van der Waals surface area contributed by atoms with Crippen LogP contribution in [0.1, 0.15) is 29.2 Å². The highest BCUT2D eigenvalue weighted by molar-refractivity contribution is 8.93. The quantitative estimate of drug-likeness (QED) is 0.494. The predicted octanol–water partition coefficient (Wildman–Crippen LogP) is 0.445. The highest BCUT2D eigenvalue weighted by Gasteiger charge is 2.44. The minimum absolute atomic E-state index is 0.